The molecule has 120 valence electrons. The lowest BCUT2D eigenvalue weighted by molar-refractivity contribution is -0.852. The summed E-state index contributed by atoms with van der Waals surface area (Å²) in [4.78, 5) is 11.8. The zero-order valence-corrected chi connectivity index (χ0v) is 14.7. The number of nitrogens with zero attached hydrogens (tertiary/aromatic N) is 1. The number of hydrogen-bond donors (Lipinski definition) is 1. The highest BCUT2D eigenvalue weighted by Crippen LogP contribution is 2.13. The molecule has 0 bridgehead atoms. The summed E-state index contributed by atoms with van der Waals surface area (Å²) in [6.07, 6.45) is 9.01. The van der Waals surface area contributed by atoms with Gasteiger partial charge in [-0.25, -0.2) is 0 Å². The largest absolute Gasteiger partial charge is 1.00 e. The Morgan fingerprint density at radius 1 is 1.05 bits per heavy atom. The Labute approximate surface area is 131 Å². The van der Waals surface area contributed by atoms with Crippen LogP contribution in [0.4, 0.5) is 0 Å². The molecule has 0 aliphatic rings. The van der Waals surface area contributed by atoms with E-state index in [1.165, 1.54) is 25.7 Å². The lowest BCUT2D eigenvalue weighted by Crippen LogP contribution is -3.00. The van der Waals surface area contributed by atoms with Crippen molar-refractivity contribution in [2.75, 3.05) is 27.2 Å². The predicted octanol–water partition coefficient (Wildman–Crippen LogP) is 0.467. The Hall–Kier alpha value is -0.540. The fourth-order valence-corrected chi connectivity index (χ4v) is 1.91. The van der Waals surface area contributed by atoms with Crippen molar-refractivity contribution >= 4 is 5.91 Å². The molecular weight excluding hydrogens is 272 g/mol. The first-order valence-electron chi connectivity index (χ1n) is 7.73. The van der Waals surface area contributed by atoms with Crippen LogP contribution in [-0.2, 0) is 4.79 Å². The molecule has 20 heavy (non-hydrogen) atoms. The molecule has 0 aliphatic carbocycles. The molecule has 0 aromatic heterocycles. The van der Waals surface area contributed by atoms with Gasteiger partial charge < -0.3 is 17.7 Å². The van der Waals surface area contributed by atoms with Crippen molar-refractivity contribution in [3.05, 3.63) is 11.8 Å². The van der Waals surface area contributed by atoms with Crippen molar-refractivity contribution in [1.29, 1.82) is 0 Å². The summed E-state index contributed by atoms with van der Waals surface area (Å²) >= 11 is 0. The molecule has 0 saturated heterocycles. The van der Waals surface area contributed by atoms with E-state index in [0.717, 1.165) is 36.1 Å². The van der Waals surface area contributed by atoms with Crippen LogP contribution in [0.3, 0.4) is 0 Å². The van der Waals surface area contributed by atoms with E-state index in [2.05, 4.69) is 40.2 Å². The number of quaternary nitrogens is 1. The summed E-state index contributed by atoms with van der Waals surface area (Å²) < 4.78 is 0.810. The predicted molar refractivity (Wildman–Crippen MR) is 82.8 cm³/mol. The van der Waals surface area contributed by atoms with E-state index in [1.54, 1.807) is 6.08 Å². The van der Waals surface area contributed by atoms with E-state index in [0.29, 0.717) is 0 Å². The zero-order chi connectivity index (χ0) is 14.7. The molecule has 1 amide bonds. The highest BCUT2D eigenvalue weighted by atomic mass is 35.5. The first kappa shape index (κ1) is 21.8. The SMILES string of the molecule is CCCCCC[N+](C)(C)/C(C)=C/C(=O)NCCCC.[Cl-]. The van der Waals surface area contributed by atoms with Crippen molar-refractivity contribution in [3.63, 3.8) is 0 Å². The molecule has 0 saturated carbocycles. The average Bonchev–Trinajstić information content (AvgIpc) is 2.35. The Balaban J connectivity index is 0. The van der Waals surface area contributed by atoms with Crippen LogP contribution in [0.25, 0.3) is 0 Å². The normalized spacial score (nSPS) is 11.9. The average molecular weight is 305 g/mol. The fraction of sp³-hybridized carbons (Fsp3) is 0.812. The van der Waals surface area contributed by atoms with Gasteiger partial charge in [0.2, 0.25) is 5.91 Å². The summed E-state index contributed by atoms with van der Waals surface area (Å²) in [7, 11) is 4.36. The van der Waals surface area contributed by atoms with E-state index in [1.807, 2.05) is 0 Å². The monoisotopic (exact) mass is 304 g/mol. The lowest BCUT2D eigenvalue weighted by Gasteiger charge is -2.30. The van der Waals surface area contributed by atoms with Gasteiger partial charge in [0.15, 0.2) is 0 Å². The van der Waals surface area contributed by atoms with E-state index in [9.17, 15) is 4.79 Å². The van der Waals surface area contributed by atoms with Gasteiger partial charge in [0.05, 0.1) is 26.7 Å². The second kappa shape index (κ2) is 12.2. The number of halogens is 1. The van der Waals surface area contributed by atoms with Crippen LogP contribution in [0.5, 0.6) is 0 Å². The first-order valence-corrected chi connectivity index (χ1v) is 7.73. The van der Waals surface area contributed by atoms with Crippen LogP contribution in [-0.4, -0.2) is 37.6 Å². The van der Waals surface area contributed by atoms with E-state index in [-0.39, 0.29) is 18.3 Å². The number of unbranched alkanes of at least 4 members (excludes halogenated alkanes) is 4. The van der Waals surface area contributed by atoms with Gasteiger partial charge >= 0.3 is 0 Å². The maximum atomic E-state index is 11.8. The third-order valence-electron chi connectivity index (χ3n) is 3.70. The quantitative estimate of drug-likeness (QED) is 0.355. The van der Waals surface area contributed by atoms with Crippen LogP contribution in [0.15, 0.2) is 11.8 Å². The number of allylic oxidation sites excluding steroid dienone is 1. The molecule has 0 fully saturated rings. The minimum absolute atomic E-state index is 0. The van der Waals surface area contributed by atoms with Crippen molar-refractivity contribution < 1.29 is 21.7 Å². The second-order valence-electron chi connectivity index (χ2n) is 5.90. The van der Waals surface area contributed by atoms with Gasteiger partial charge in [-0.3, -0.25) is 9.28 Å². The van der Waals surface area contributed by atoms with Crippen molar-refractivity contribution in [2.24, 2.45) is 0 Å². The third kappa shape index (κ3) is 10.3. The summed E-state index contributed by atoms with van der Waals surface area (Å²) in [5.41, 5.74) is 1.13. The van der Waals surface area contributed by atoms with Gasteiger partial charge in [-0.2, -0.15) is 0 Å². The molecule has 1 N–H and O–H groups in total. The Morgan fingerprint density at radius 3 is 2.20 bits per heavy atom. The van der Waals surface area contributed by atoms with Gasteiger partial charge in [-0.1, -0.05) is 33.1 Å². The van der Waals surface area contributed by atoms with Gasteiger partial charge in [0.1, 0.15) is 5.70 Å². The zero-order valence-electron chi connectivity index (χ0n) is 14.0. The minimum atomic E-state index is 0. The molecule has 0 aromatic rings. The van der Waals surface area contributed by atoms with Gasteiger partial charge in [0.25, 0.3) is 0 Å². The van der Waals surface area contributed by atoms with Gasteiger partial charge in [0, 0.05) is 13.5 Å². The molecule has 4 heteroatoms. The van der Waals surface area contributed by atoms with Crippen LogP contribution >= 0.6 is 0 Å². The highest BCUT2D eigenvalue weighted by molar-refractivity contribution is 5.87. The Kier molecular flexibility index (Phi) is 13.3. The molecule has 0 spiro atoms. The molecule has 0 rings (SSSR count). The van der Waals surface area contributed by atoms with Crippen molar-refractivity contribution in [2.45, 2.75) is 59.3 Å². The molecular formula is C16H33ClN2O. The van der Waals surface area contributed by atoms with Crippen LogP contribution in [0.2, 0.25) is 0 Å². The Bertz CT molecular complexity index is 288. The maximum Gasteiger partial charge on any atom is 0.249 e. The molecule has 0 heterocycles. The number of nitrogens with one attached hydrogen (secondary N) is 1. The van der Waals surface area contributed by atoms with Crippen LogP contribution in [0, 0.1) is 0 Å². The molecule has 0 aromatic carbocycles. The molecule has 0 radical (unpaired) electrons. The minimum Gasteiger partial charge on any atom is -1.00 e. The van der Waals surface area contributed by atoms with Crippen LogP contribution in [0.1, 0.15) is 59.3 Å². The standard InChI is InChI=1S/C16H32N2O.ClH/c1-6-8-10-11-13-18(4,5)15(3)14-16(19)17-12-9-7-2;/h14H,6-13H2,1-5H3;1H/b15-14+;. The lowest BCUT2D eigenvalue weighted by atomic mass is 10.2. The number of carbonyl (C=O) groups is 1. The number of amides is 1. The smallest absolute Gasteiger partial charge is 0.249 e. The molecule has 3 nitrogen and oxygen atoms in total. The molecule has 0 unspecified atom stereocenters. The highest BCUT2D eigenvalue weighted by Gasteiger charge is 2.18. The number of carbonyl (C=O) groups excluding carboxylic acids is 1. The summed E-state index contributed by atoms with van der Waals surface area (Å²) in [6, 6.07) is 0. The van der Waals surface area contributed by atoms with Crippen molar-refractivity contribution in [3.8, 4) is 0 Å². The maximum absolute atomic E-state index is 11.8. The molecule has 0 aliphatic heterocycles. The second-order valence-corrected chi connectivity index (χ2v) is 5.90. The first-order chi connectivity index (χ1) is 8.94. The van der Waals surface area contributed by atoms with Crippen molar-refractivity contribution in [1.82, 2.24) is 5.32 Å². The molecule has 0 atom stereocenters. The van der Waals surface area contributed by atoms with E-state index < -0.39 is 0 Å². The van der Waals surface area contributed by atoms with E-state index in [4.69, 9.17) is 0 Å². The third-order valence-corrected chi connectivity index (χ3v) is 3.70. The van der Waals surface area contributed by atoms with Crippen LogP contribution < -0.4 is 17.7 Å². The number of hydrogen-bond acceptors (Lipinski definition) is 1. The van der Waals surface area contributed by atoms with E-state index >= 15 is 0 Å². The summed E-state index contributed by atoms with van der Waals surface area (Å²) in [6.45, 7) is 8.29. The topological polar surface area (TPSA) is 29.1 Å². The van der Waals surface area contributed by atoms with Gasteiger partial charge in [-0.05, 0) is 19.3 Å². The summed E-state index contributed by atoms with van der Waals surface area (Å²) in [5.74, 6) is 0.0470. The number of rotatable bonds is 10. The Morgan fingerprint density at radius 2 is 1.65 bits per heavy atom. The fourth-order valence-electron chi connectivity index (χ4n) is 1.91. The summed E-state index contributed by atoms with van der Waals surface area (Å²) in [5, 5.41) is 2.94. The van der Waals surface area contributed by atoms with Gasteiger partial charge in [-0.15, -0.1) is 0 Å².